The molecule has 1 aliphatic rings. The Hall–Kier alpha value is -2.12. The van der Waals surface area contributed by atoms with E-state index in [-0.39, 0.29) is 5.65 Å². The summed E-state index contributed by atoms with van der Waals surface area (Å²) in [5, 5.41) is 2.75. The second kappa shape index (κ2) is 5.19. The van der Waals surface area contributed by atoms with E-state index in [1.165, 1.54) is 4.40 Å². The highest BCUT2D eigenvalue weighted by Gasteiger charge is 2.42. The third-order valence-electron chi connectivity index (χ3n) is 4.49. The van der Waals surface area contributed by atoms with Crippen LogP contribution in [0.25, 0.3) is 5.65 Å². The van der Waals surface area contributed by atoms with Gasteiger partial charge >= 0.3 is 6.18 Å². The zero-order chi connectivity index (χ0) is 17.9. The average Bonchev–Trinajstić information content (AvgIpc) is 3.18. The van der Waals surface area contributed by atoms with E-state index in [1.807, 2.05) is 13.8 Å². The molecule has 0 spiro atoms. The monoisotopic (exact) mass is 340 g/mol. The van der Waals surface area contributed by atoms with Gasteiger partial charge in [-0.25, -0.2) is 9.97 Å². The van der Waals surface area contributed by atoms with E-state index in [9.17, 15) is 18.0 Å². The summed E-state index contributed by atoms with van der Waals surface area (Å²) >= 11 is 0. The summed E-state index contributed by atoms with van der Waals surface area (Å²) in [5.41, 5.74) is -2.00. The predicted molar refractivity (Wildman–Crippen MR) is 81.7 cm³/mol. The molecule has 0 atom stereocenters. The fraction of sp³-hybridized carbons (Fsp3) is 0.562. The number of alkyl halides is 3. The maximum Gasteiger partial charge on any atom is 0.418 e. The molecule has 2 aromatic heterocycles. The number of amides is 1. The Kier molecular flexibility index (Phi) is 3.62. The molecule has 1 N–H and O–H groups in total. The lowest BCUT2D eigenvalue weighted by Gasteiger charge is -2.26. The fourth-order valence-corrected chi connectivity index (χ4v) is 3.02. The number of carbonyl (C=O) groups is 1. The van der Waals surface area contributed by atoms with Crippen LogP contribution >= 0.6 is 0 Å². The van der Waals surface area contributed by atoms with Crippen LogP contribution in [0.5, 0.6) is 0 Å². The third kappa shape index (κ3) is 2.85. The minimum atomic E-state index is -4.65. The van der Waals surface area contributed by atoms with E-state index in [4.69, 9.17) is 0 Å². The van der Waals surface area contributed by atoms with E-state index in [2.05, 4.69) is 15.3 Å². The van der Waals surface area contributed by atoms with Gasteiger partial charge in [-0.15, -0.1) is 0 Å². The van der Waals surface area contributed by atoms with Crippen LogP contribution in [0, 0.1) is 19.8 Å². The Bertz CT molecular complexity index is 819. The van der Waals surface area contributed by atoms with Crippen molar-refractivity contribution in [1.82, 2.24) is 19.7 Å². The standard InChI is InChI=1S/C16H19F3N4O/c1-8-20-9(2)23-7-11(16(17,18)19)12(13(23)21-8)14(24)22-15(3,4)10-5-6-10/h7,10H,5-6H2,1-4H3,(H,22,24). The molecule has 2 heterocycles. The number of hydrogen-bond acceptors (Lipinski definition) is 3. The Morgan fingerprint density at radius 1 is 1.25 bits per heavy atom. The second-order valence-corrected chi connectivity index (χ2v) is 6.88. The molecule has 1 aliphatic carbocycles. The summed E-state index contributed by atoms with van der Waals surface area (Å²) in [6.45, 7) is 6.83. The average molecular weight is 340 g/mol. The maximum atomic E-state index is 13.4. The van der Waals surface area contributed by atoms with Crippen LogP contribution < -0.4 is 5.32 Å². The summed E-state index contributed by atoms with van der Waals surface area (Å²) in [5.74, 6) is 0.216. The number of aromatic nitrogens is 3. The molecular formula is C16H19F3N4O. The zero-order valence-corrected chi connectivity index (χ0v) is 14.0. The van der Waals surface area contributed by atoms with Crippen LogP contribution in [-0.2, 0) is 6.18 Å². The summed E-state index contributed by atoms with van der Waals surface area (Å²) in [7, 11) is 0. The molecule has 1 fully saturated rings. The molecule has 0 aliphatic heterocycles. The van der Waals surface area contributed by atoms with E-state index in [0.29, 0.717) is 17.6 Å². The number of aryl methyl sites for hydroxylation is 2. The van der Waals surface area contributed by atoms with Gasteiger partial charge in [0.2, 0.25) is 0 Å². The highest BCUT2D eigenvalue weighted by molar-refractivity contribution is 6.02. The van der Waals surface area contributed by atoms with Crippen molar-refractivity contribution >= 4 is 11.6 Å². The van der Waals surface area contributed by atoms with Gasteiger partial charge in [0.25, 0.3) is 5.91 Å². The van der Waals surface area contributed by atoms with E-state index in [1.54, 1.807) is 13.8 Å². The van der Waals surface area contributed by atoms with Gasteiger partial charge in [-0.3, -0.25) is 9.20 Å². The van der Waals surface area contributed by atoms with Gasteiger partial charge in [0.15, 0.2) is 5.65 Å². The summed E-state index contributed by atoms with van der Waals surface area (Å²) in [4.78, 5) is 20.8. The van der Waals surface area contributed by atoms with Crippen molar-refractivity contribution in [3.8, 4) is 0 Å². The Labute approximate surface area is 137 Å². The van der Waals surface area contributed by atoms with Crippen LogP contribution in [0.3, 0.4) is 0 Å². The van der Waals surface area contributed by atoms with Crippen LogP contribution in [0.1, 0.15) is 54.3 Å². The Morgan fingerprint density at radius 2 is 1.88 bits per heavy atom. The van der Waals surface area contributed by atoms with Crippen molar-refractivity contribution in [2.24, 2.45) is 5.92 Å². The molecule has 0 saturated heterocycles. The van der Waals surface area contributed by atoms with Gasteiger partial charge in [-0.1, -0.05) is 0 Å². The van der Waals surface area contributed by atoms with Gasteiger partial charge in [0, 0.05) is 11.7 Å². The first-order chi connectivity index (χ1) is 11.0. The molecule has 5 nitrogen and oxygen atoms in total. The largest absolute Gasteiger partial charge is 0.418 e. The number of halogens is 3. The predicted octanol–water partition coefficient (Wildman–Crippen LogP) is 3.28. The van der Waals surface area contributed by atoms with Crippen molar-refractivity contribution in [1.29, 1.82) is 0 Å². The van der Waals surface area contributed by atoms with Gasteiger partial charge in [-0.05, 0) is 46.5 Å². The molecule has 1 amide bonds. The molecule has 130 valence electrons. The van der Waals surface area contributed by atoms with E-state index >= 15 is 0 Å². The summed E-state index contributed by atoms with van der Waals surface area (Å²) in [6, 6.07) is 0. The first-order valence-corrected chi connectivity index (χ1v) is 7.76. The smallest absolute Gasteiger partial charge is 0.347 e. The lowest BCUT2D eigenvalue weighted by molar-refractivity contribution is -0.137. The number of nitrogens with one attached hydrogen (secondary N) is 1. The minimum absolute atomic E-state index is 0.0172. The normalized spacial score (nSPS) is 15.8. The van der Waals surface area contributed by atoms with Gasteiger partial charge < -0.3 is 5.32 Å². The Balaban J connectivity index is 2.15. The maximum absolute atomic E-state index is 13.4. The second-order valence-electron chi connectivity index (χ2n) is 6.88. The van der Waals surface area contributed by atoms with Gasteiger partial charge in [0.05, 0.1) is 11.1 Å². The van der Waals surface area contributed by atoms with Crippen molar-refractivity contribution in [2.75, 3.05) is 0 Å². The molecule has 0 radical (unpaired) electrons. The highest BCUT2D eigenvalue weighted by Crippen LogP contribution is 2.40. The molecular weight excluding hydrogens is 321 g/mol. The summed E-state index contributed by atoms with van der Waals surface area (Å²) < 4.78 is 41.5. The third-order valence-corrected chi connectivity index (χ3v) is 4.49. The SMILES string of the molecule is Cc1nc(C)n2cc(C(F)(F)F)c(C(=O)NC(C)(C)C3CC3)c2n1. The molecule has 3 rings (SSSR count). The quantitative estimate of drug-likeness (QED) is 0.933. The Morgan fingerprint density at radius 3 is 2.42 bits per heavy atom. The van der Waals surface area contributed by atoms with Crippen LogP contribution in [0.15, 0.2) is 6.20 Å². The summed E-state index contributed by atoms with van der Waals surface area (Å²) in [6.07, 6.45) is -1.82. The molecule has 0 bridgehead atoms. The molecule has 0 aromatic carbocycles. The molecule has 2 aromatic rings. The van der Waals surface area contributed by atoms with Crippen LogP contribution in [0.2, 0.25) is 0 Å². The first kappa shape index (κ1) is 16.7. The molecule has 1 saturated carbocycles. The number of hydrogen-bond donors (Lipinski definition) is 1. The van der Waals surface area contributed by atoms with Crippen molar-refractivity contribution in [2.45, 2.75) is 52.3 Å². The number of fused-ring (bicyclic) bond motifs is 1. The first-order valence-electron chi connectivity index (χ1n) is 7.76. The zero-order valence-electron chi connectivity index (χ0n) is 14.0. The fourth-order valence-electron chi connectivity index (χ4n) is 3.02. The lowest BCUT2D eigenvalue weighted by atomic mass is 9.98. The molecule has 0 unspecified atom stereocenters. The number of nitrogens with zero attached hydrogens (tertiary/aromatic N) is 3. The highest BCUT2D eigenvalue weighted by atomic mass is 19.4. The minimum Gasteiger partial charge on any atom is -0.347 e. The number of carbonyl (C=O) groups excluding carboxylic acids is 1. The van der Waals surface area contributed by atoms with Crippen molar-refractivity contribution in [3.63, 3.8) is 0 Å². The number of rotatable bonds is 3. The van der Waals surface area contributed by atoms with Crippen LogP contribution in [0.4, 0.5) is 13.2 Å². The molecule has 24 heavy (non-hydrogen) atoms. The van der Waals surface area contributed by atoms with Gasteiger partial charge in [-0.2, -0.15) is 13.2 Å². The topological polar surface area (TPSA) is 59.3 Å². The van der Waals surface area contributed by atoms with Crippen molar-refractivity contribution in [3.05, 3.63) is 29.0 Å². The van der Waals surface area contributed by atoms with E-state index < -0.39 is 28.7 Å². The van der Waals surface area contributed by atoms with Crippen LogP contribution in [-0.4, -0.2) is 25.8 Å². The molecule has 8 heteroatoms. The lowest BCUT2D eigenvalue weighted by Crippen LogP contribution is -2.45. The van der Waals surface area contributed by atoms with Crippen molar-refractivity contribution < 1.29 is 18.0 Å². The van der Waals surface area contributed by atoms with E-state index in [0.717, 1.165) is 19.0 Å². The van der Waals surface area contributed by atoms with Gasteiger partial charge in [0.1, 0.15) is 11.6 Å².